The second-order valence-electron chi connectivity index (χ2n) is 4.94. The van der Waals surface area contributed by atoms with E-state index in [0.29, 0.717) is 6.42 Å². The van der Waals surface area contributed by atoms with Gasteiger partial charge in [-0.05, 0) is 30.5 Å². The average Bonchev–Trinajstić information content (AvgIpc) is 2.97. The summed E-state index contributed by atoms with van der Waals surface area (Å²) in [7, 11) is 0. The molecule has 1 aromatic heterocycles. The van der Waals surface area contributed by atoms with E-state index in [2.05, 4.69) is 0 Å². The van der Waals surface area contributed by atoms with Gasteiger partial charge in [0.1, 0.15) is 0 Å². The van der Waals surface area contributed by atoms with Gasteiger partial charge in [-0.2, -0.15) is 0 Å². The number of hydrogen-bond acceptors (Lipinski definition) is 2. The minimum Gasteiger partial charge on any atom is -0.481 e. The number of carboxylic acids is 2. The van der Waals surface area contributed by atoms with E-state index in [4.69, 9.17) is 10.2 Å². The molecule has 0 unspecified atom stereocenters. The fourth-order valence-electron chi connectivity index (χ4n) is 2.37. The van der Waals surface area contributed by atoms with Gasteiger partial charge < -0.3 is 14.8 Å². The maximum absolute atomic E-state index is 11.1. The quantitative estimate of drug-likeness (QED) is 0.767. The minimum atomic E-state index is -1.40. The van der Waals surface area contributed by atoms with Crippen molar-refractivity contribution >= 4 is 11.9 Å². The molecule has 110 valence electrons. The topological polar surface area (TPSA) is 79.5 Å². The molecule has 0 bridgehead atoms. The molecule has 0 amide bonds. The molecule has 0 radical (unpaired) electrons. The van der Waals surface area contributed by atoms with Crippen LogP contribution in [0.4, 0.5) is 0 Å². The predicted octanol–water partition coefficient (Wildman–Crippen LogP) is 2.45. The van der Waals surface area contributed by atoms with E-state index in [0.717, 1.165) is 5.56 Å². The number of benzene rings is 1. The normalized spacial score (nSPS) is 12.2. The van der Waals surface area contributed by atoms with E-state index in [1.54, 1.807) is 0 Å². The van der Waals surface area contributed by atoms with Crippen LogP contribution < -0.4 is 0 Å². The van der Waals surface area contributed by atoms with Gasteiger partial charge in [-0.25, -0.2) is 0 Å². The molecule has 0 aliphatic heterocycles. The molecule has 0 saturated carbocycles. The van der Waals surface area contributed by atoms with Crippen LogP contribution in [0, 0.1) is 5.92 Å². The summed E-state index contributed by atoms with van der Waals surface area (Å²) >= 11 is 0. The number of nitrogens with zero attached hydrogens (tertiary/aromatic N) is 1. The number of hydrogen-bond donors (Lipinski definition) is 2. The van der Waals surface area contributed by atoms with Crippen LogP contribution in [0.15, 0.2) is 54.9 Å². The molecule has 0 aliphatic rings. The minimum absolute atomic E-state index is 0.0498. The largest absolute Gasteiger partial charge is 0.481 e. The number of carbonyl (C=O) groups is 2. The number of carboxylic acid groups (broad SMARTS) is 2. The molecule has 1 atom stereocenters. The third kappa shape index (κ3) is 3.95. The van der Waals surface area contributed by atoms with Crippen LogP contribution in [0.3, 0.4) is 0 Å². The first-order valence-corrected chi connectivity index (χ1v) is 6.70. The smallest absolute Gasteiger partial charge is 0.317 e. The highest BCUT2D eigenvalue weighted by Crippen LogP contribution is 2.23. The van der Waals surface area contributed by atoms with Crippen molar-refractivity contribution in [3.05, 3.63) is 60.4 Å². The third-order valence-electron chi connectivity index (χ3n) is 3.47. The molecule has 0 spiro atoms. The molecule has 5 nitrogen and oxygen atoms in total. The Balaban J connectivity index is 2.21. The van der Waals surface area contributed by atoms with Crippen molar-refractivity contribution in [2.45, 2.75) is 18.9 Å². The molecular weight excluding hydrogens is 270 g/mol. The highest BCUT2D eigenvalue weighted by molar-refractivity contribution is 5.92. The van der Waals surface area contributed by atoms with Gasteiger partial charge in [-0.3, -0.25) is 9.59 Å². The Morgan fingerprint density at radius 1 is 0.952 bits per heavy atom. The molecule has 1 heterocycles. The van der Waals surface area contributed by atoms with Gasteiger partial charge in [0, 0.05) is 18.4 Å². The number of rotatable bonds is 7. The Morgan fingerprint density at radius 2 is 1.52 bits per heavy atom. The molecule has 21 heavy (non-hydrogen) atoms. The van der Waals surface area contributed by atoms with Crippen LogP contribution in [0.25, 0.3) is 0 Å². The summed E-state index contributed by atoms with van der Waals surface area (Å²) in [5.41, 5.74) is 1.05. The third-order valence-corrected chi connectivity index (χ3v) is 3.47. The lowest BCUT2D eigenvalue weighted by Crippen LogP contribution is -2.27. The average molecular weight is 287 g/mol. The zero-order valence-corrected chi connectivity index (χ0v) is 11.4. The summed E-state index contributed by atoms with van der Waals surface area (Å²) in [6, 6.07) is 13.1. The van der Waals surface area contributed by atoms with Gasteiger partial charge >= 0.3 is 11.9 Å². The Labute approximate surface area is 122 Å². The molecule has 2 rings (SSSR count). The van der Waals surface area contributed by atoms with Crippen molar-refractivity contribution in [3.8, 4) is 0 Å². The van der Waals surface area contributed by atoms with Crippen molar-refractivity contribution in [1.82, 2.24) is 4.57 Å². The van der Waals surface area contributed by atoms with E-state index < -0.39 is 17.9 Å². The Kier molecular flexibility index (Phi) is 4.77. The first kappa shape index (κ1) is 14.8. The molecular formula is C16H17NO4. The Bertz CT molecular complexity index is 578. The molecule has 0 saturated heterocycles. The van der Waals surface area contributed by atoms with Gasteiger partial charge in [0.05, 0.1) is 0 Å². The monoisotopic (exact) mass is 287 g/mol. The summed E-state index contributed by atoms with van der Waals surface area (Å²) in [6.45, 7) is 0. The van der Waals surface area contributed by atoms with Crippen molar-refractivity contribution in [1.29, 1.82) is 0 Å². The van der Waals surface area contributed by atoms with E-state index in [1.807, 2.05) is 59.4 Å². The summed E-state index contributed by atoms with van der Waals surface area (Å²) in [5, 5.41) is 18.1. The first-order chi connectivity index (χ1) is 10.1. The van der Waals surface area contributed by atoms with E-state index in [1.165, 1.54) is 0 Å². The summed E-state index contributed by atoms with van der Waals surface area (Å²) in [5.74, 6) is -4.00. The number of aromatic nitrogens is 1. The molecule has 5 heteroatoms. The van der Waals surface area contributed by atoms with Crippen LogP contribution in [-0.4, -0.2) is 26.7 Å². The first-order valence-electron chi connectivity index (χ1n) is 6.70. The Morgan fingerprint density at radius 3 is 2.05 bits per heavy atom. The Hall–Kier alpha value is -2.56. The van der Waals surface area contributed by atoms with Crippen molar-refractivity contribution in [3.63, 3.8) is 0 Å². The summed E-state index contributed by atoms with van der Waals surface area (Å²) in [4.78, 5) is 22.2. The van der Waals surface area contributed by atoms with Crippen LogP contribution >= 0.6 is 0 Å². The standard InChI is InChI=1S/C16H17NO4/c18-15(19)14(16(20)21)11-13(17-8-4-5-9-17)10-12-6-2-1-3-7-12/h1-9,13-14H,10-11H2,(H,18,19)(H,20,21)/t13-/m0/s1. The lowest BCUT2D eigenvalue weighted by molar-refractivity contribution is -0.155. The molecule has 2 aromatic rings. The fraction of sp³-hybridized carbons (Fsp3) is 0.250. The van der Waals surface area contributed by atoms with Gasteiger partial charge in [0.15, 0.2) is 5.92 Å². The predicted molar refractivity (Wildman–Crippen MR) is 77.0 cm³/mol. The van der Waals surface area contributed by atoms with Gasteiger partial charge in [-0.1, -0.05) is 30.3 Å². The lowest BCUT2D eigenvalue weighted by Gasteiger charge is -2.21. The van der Waals surface area contributed by atoms with Crippen molar-refractivity contribution in [2.75, 3.05) is 0 Å². The maximum atomic E-state index is 11.1. The highest BCUT2D eigenvalue weighted by atomic mass is 16.4. The SMILES string of the molecule is O=C(O)C(C[C@H](Cc1ccccc1)n1cccc1)C(=O)O. The zero-order valence-electron chi connectivity index (χ0n) is 11.4. The fourth-order valence-corrected chi connectivity index (χ4v) is 2.37. The van der Waals surface area contributed by atoms with Crippen molar-refractivity contribution in [2.24, 2.45) is 5.92 Å². The highest BCUT2D eigenvalue weighted by Gasteiger charge is 2.29. The van der Waals surface area contributed by atoms with Crippen LogP contribution in [0.1, 0.15) is 18.0 Å². The summed E-state index contributed by atoms with van der Waals surface area (Å²) < 4.78 is 1.87. The summed E-state index contributed by atoms with van der Waals surface area (Å²) in [6.07, 6.45) is 4.30. The lowest BCUT2D eigenvalue weighted by atomic mass is 9.95. The zero-order chi connectivity index (χ0) is 15.2. The second kappa shape index (κ2) is 6.74. The maximum Gasteiger partial charge on any atom is 0.317 e. The van der Waals surface area contributed by atoms with Crippen LogP contribution in [0.5, 0.6) is 0 Å². The molecule has 0 aliphatic carbocycles. The van der Waals surface area contributed by atoms with E-state index >= 15 is 0 Å². The van der Waals surface area contributed by atoms with Crippen LogP contribution in [-0.2, 0) is 16.0 Å². The molecule has 0 fully saturated rings. The van der Waals surface area contributed by atoms with E-state index in [9.17, 15) is 9.59 Å². The van der Waals surface area contributed by atoms with Crippen LogP contribution in [0.2, 0.25) is 0 Å². The number of aliphatic carboxylic acids is 2. The van der Waals surface area contributed by atoms with Gasteiger partial charge in [-0.15, -0.1) is 0 Å². The second-order valence-corrected chi connectivity index (χ2v) is 4.94. The van der Waals surface area contributed by atoms with Gasteiger partial charge in [0.2, 0.25) is 0 Å². The van der Waals surface area contributed by atoms with Crippen molar-refractivity contribution < 1.29 is 19.8 Å². The molecule has 2 N–H and O–H groups in total. The molecule has 1 aromatic carbocycles. The van der Waals surface area contributed by atoms with Gasteiger partial charge in [0.25, 0.3) is 0 Å². The van der Waals surface area contributed by atoms with E-state index in [-0.39, 0.29) is 12.5 Å².